The molecular formula is C27H35N5O2S. The van der Waals surface area contributed by atoms with Crippen LogP contribution in [-0.4, -0.2) is 63.7 Å². The van der Waals surface area contributed by atoms with Gasteiger partial charge in [0.2, 0.25) is 0 Å². The van der Waals surface area contributed by atoms with Crippen LogP contribution in [0.2, 0.25) is 0 Å². The van der Waals surface area contributed by atoms with Gasteiger partial charge in [-0.25, -0.2) is 0 Å². The first-order valence-corrected chi connectivity index (χ1v) is 13.0. The molecule has 2 heterocycles. The number of anilines is 2. The van der Waals surface area contributed by atoms with E-state index in [-0.39, 0.29) is 0 Å². The minimum absolute atomic E-state index is 0.697. The molecule has 0 spiro atoms. The molecule has 7 nitrogen and oxygen atoms in total. The summed E-state index contributed by atoms with van der Waals surface area (Å²) >= 11 is 1.64. The lowest BCUT2D eigenvalue weighted by Crippen LogP contribution is -2.44. The van der Waals surface area contributed by atoms with E-state index in [1.807, 2.05) is 42.5 Å². The minimum Gasteiger partial charge on any atom is -0.497 e. The van der Waals surface area contributed by atoms with Crippen LogP contribution in [0.5, 0.6) is 11.5 Å². The predicted molar refractivity (Wildman–Crippen MR) is 147 cm³/mol. The average Bonchev–Trinajstić information content (AvgIpc) is 3.29. The fraction of sp³-hybridized carbons (Fsp3) is 0.370. The summed E-state index contributed by atoms with van der Waals surface area (Å²) < 4.78 is 11.3. The first kappa shape index (κ1) is 25.0. The summed E-state index contributed by atoms with van der Waals surface area (Å²) in [7, 11) is 1.66. The Kier molecular flexibility index (Phi) is 9.00. The molecule has 0 amide bonds. The molecule has 4 N–H and O–H groups in total. The third kappa shape index (κ3) is 6.97. The van der Waals surface area contributed by atoms with Crippen LogP contribution in [0.25, 0.3) is 10.4 Å². The highest BCUT2D eigenvalue weighted by Gasteiger charge is 2.15. The quantitative estimate of drug-likeness (QED) is 0.284. The van der Waals surface area contributed by atoms with E-state index >= 15 is 0 Å². The normalized spacial score (nSPS) is 14.6. The van der Waals surface area contributed by atoms with Crippen LogP contribution in [-0.2, 0) is 0 Å². The van der Waals surface area contributed by atoms with E-state index in [2.05, 4.69) is 34.6 Å². The molecule has 2 aromatic carbocycles. The van der Waals surface area contributed by atoms with Gasteiger partial charge in [0.1, 0.15) is 23.9 Å². The zero-order chi connectivity index (χ0) is 24.5. The molecule has 3 aromatic rings. The van der Waals surface area contributed by atoms with Crippen molar-refractivity contribution in [3.05, 3.63) is 59.5 Å². The van der Waals surface area contributed by atoms with Crippen molar-refractivity contribution in [2.75, 3.05) is 64.0 Å². The Morgan fingerprint density at radius 3 is 2.66 bits per heavy atom. The second kappa shape index (κ2) is 12.6. The van der Waals surface area contributed by atoms with Crippen molar-refractivity contribution in [3.8, 4) is 21.9 Å². The number of nitrogen functional groups attached to an aromatic ring is 1. The predicted octanol–water partition coefficient (Wildman–Crippen LogP) is 4.56. The summed E-state index contributed by atoms with van der Waals surface area (Å²) in [6, 6.07) is 18.1. The van der Waals surface area contributed by atoms with Crippen LogP contribution >= 0.6 is 11.3 Å². The van der Waals surface area contributed by atoms with E-state index in [9.17, 15) is 0 Å². The number of amidine groups is 1. The molecule has 4 rings (SSSR count). The van der Waals surface area contributed by atoms with Crippen LogP contribution in [0.15, 0.2) is 59.6 Å². The van der Waals surface area contributed by atoms with Gasteiger partial charge in [-0.2, -0.15) is 0 Å². The molecule has 0 aliphatic carbocycles. The first-order chi connectivity index (χ1) is 17.2. The summed E-state index contributed by atoms with van der Waals surface area (Å²) in [6.45, 7) is 8.77. The Bertz CT molecular complexity index is 1110. The maximum Gasteiger partial charge on any atom is 0.145 e. The van der Waals surface area contributed by atoms with Gasteiger partial charge < -0.3 is 25.8 Å². The average molecular weight is 494 g/mol. The molecule has 1 saturated heterocycles. The van der Waals surface area contributed by atoms with Gasteiger partial charge in [-0.15, -0.1) is 11.3 Å². The van der Waals surface area contributed by atoms with Crippen LogP contribution < -0.4 is 25.8 Å². The van der Waals surface area contributed by atoms with Crippen LogP contribution in [0, 0.1) is 0 Å². The number of nitrogens with two attached hydrogens (primary N) is 1. The van der Waals surface area contributed by atoms with Crippen molar-refractivity contribution >= 4 is 28.5 Å². The standard InChI is InChI=1S/C27H35N5O2S/c1-3-11-30-27(31-21-5-4-6-23(18-21)33-2)26-24(28)19-25(35-26)20-7-9-22(10-8-20)34-17-16-32-14-12-29-13-15-32/h4-10,18-19,29H,3,11-17,28H2,1-2H3,(H,30,31). The van der Waals surface area contributed by atoms with Crippen LogP contribution in [0.3, 0.4) is 0 Å². The summed E-state index contributed by atoms with van der Waals surface area (Å²) in [5.41, 5.74) is 9.20. The van der Waals surface area contributed by atoms with Crippen molar-refractivity contribution in [2.24, 2.45) is 4.99 Å². The Labute approximate surface area is 212 Å². The monoisotopic (exact) mass is 493 g/mol. The molecule has 1 aromatic heterocycles. The molecule has 8 heteroatoms. The first-order valence-electron chi connectivity index (χ1n) is 12.2. The molecule has 0 saturated carbocycles. The van der Waals surface area contributed by atoms with E-state index in [1.165, 1.54) is 0 Å². The Morgan fingerprint density at radius 2 is 1.91 bits per heavy atom. The highest BCUT2D eigenvalue weighted by atomic mass is 32.1. The van der Waals surface area contributed by atoms with Gasteiger partial charge in [0.25, 0.3) is 0 Å². The topological polar surface area (TPSA) is 84.1 Å². The third-order valence-electron chi connectivity index (χ3n) is 5.83. The number of piperazine rings is 1. The zero-order valence-electron chi connectivity index (χ0n) is 20.5. The van der Waals surface area contributed by atoms with Gasteiger partial charge in [0.15, 0.2) is 0 Å². The van der Waals surface area contributed by atoms with Crippen molar-refractivity contribution in [2.45, 2.75) is 13.3 Å². The molecular weight excluding hydrogens is 458 g/mol. The molecule has 0 atom stereocenters. The molecule has 186 valence electrons. The zero-order valence-corrected chi connectivity index (χ0v) is 21.4. The highest BCUT2D eigenvalue weighted by Crippen LogP contribution is 2.35. The summed E-state index contributed by atoms with van der Waals surface area (Å²) in [4.78, 5) is 9.25. The fourth-order valence-corrected chi connectivity index (χ4v) is 4.95. The summed E-state index contributed by atoms with van der Waals surface area (Å²) in [6.07, 6.45) is 0.956. The number of nitrogens with zero attached hydrogens (tertiary/aromatic N) is 2. The van der Waals surface area contributed by atoms with E-state index in [4.69, 9.17) is 20.2 Å². The second-order valence-corrected chi connectivity index (χ2v) is 9.50. The SMILES string of the molecule is CCCN=C(Nc1cccc(OC)c1)c1sc(-c2ccc(OCCN3CCNCC3)cc2)cc1N. The van der Waals surface area contributed by atoms with Crippen molar-refractivity contribution in [1.82, 2.24) is 10.2 Å². The molecule has 0 bridgehead atoms. The van der Waals surface area contributed by atoms with Crippen molar-refractivity contribution in [1.29, 1.82) is 0 Å². The van der Waals surface area contributed by atoms with Crippen LogP contribution in [0.4, 0.5) is 11.4 Å². The molecule has 0 radical (unpaired) electrons. The number of rotatable bonds is 10. The van der Waals surface area contributed by atoms with Gasteiger partial charge in [0.05, 0.1) is 17.7 Å². The summed E-state index contributed by atoms with van der Waals surface area (Å²) in [5.74, 6) is 2.46. The van der Waals surface area contributed by atoms with Crippen LogP contribution in [0.1, 0.15) is 18.2 Å². The number of ether oxygens (including phenoxy) is 2. The Balaban J connectivity index is 1.44. The molecule has 1 fully saturated rings. The minimum atomic E-state index is 0.697. The number of methoxy groups -OCH3 is 1. The largest absolute Gasteiger partial charge is 0.497 e. The number of benzene rings is 2. The molecule has 35 heavy (non-hydrogen) atoms. The molecule has 0 unspecified atom stereocenters. The van der Waals surface area contributed by atoms with Crippen molar-refractivity contribution in [3.63, 3.8) is 0 Å². The number of aliphatic imine (C=N–C) groups is 1. The third-order valence-corrected chi connectivity index (χ3v) is 7.03. The Morgan fingerprint density at radius 1 is 1.11 bits per heavy atom. The summed E-state index contributed by atoms with van der Waals surface area (Å²) in [5, 5.41) is 6.82. The maximum absolute atomic E-state index is 6.46. The lowest BCUT2D eigenvalue weighted by Gasteiger charge is -2.26. The van der Waals surface area contributed by atoms with E-state index in [0.29, 0.717) is 12.3 Å². The van der Waals surface area contributed by atoms with E-state index < -0.39 is 0 Å². The fourth-order valence-electron chi connectivity index (χ4n) is 3.90. The van der Waals surface area contributed by atoms with Gasteiger partial charge in [-0.1, -0.05) is 13.0 Å². The van der Waals surface area contributed by atoms with Gasteiger partial charge >= 0.3 is 0 Å². The van der Waals surface area contributed by atoms with Gasteiger partial charge in [-0.3, -0.25) is 9.89 Å². The lowest BCUT2D eigenvalue weighted by atomic mass is 10.2. The van der Waals surface area contributed by atoms with E-state index in [1.54, 1.807) is 18.4 Å². The molecule has 1 aliphatic heterocycles. The smallest absolute Gasteiger partial charge is 0.145 e. The van der Waals surface area contributed by atoms with Crippen molar-refractivity contribution < 1.29 is 9.47 Å². The second-order valence-electron chi connectivity index (χ2n) is 8.45. The van der Waals surface area contributed by atoms with Gasteiger partial charge in [-0.05, 0) is 54.4 Å². The number of hydrogen-bond acceptors (Lipinski definition) is 7. The Hall–Kier alpha value is -3.07. The highest BCUT2D eigenvalue weighted by molar-refractivity contribution is 7.18. The number of thiophene rings is 1. The number of hydrogen-bond donors (Lipinski definition) is 3. The maximum atomic E-state index is 6.46. The number of nitrogens with one attached hydrogen (secondary N) is 2. The van der Waals surface area contributed by atoms with E-state index in [0.717, 1.165) is 84.0 Å². The molecule has 1 aliphatic rings. The lowest BCUT2D eigenvalue weighted by molar-refractivity contribution is 0.191. The van der Waals surface area contributed by atoms with Gasteiger partial charge in [0, 0.05) is 55.9 Å².